The SMILES string of the molecule is O=C(NC(=NCCCCN=c1nc(NC(=O)OCc2ccccc2)ccn1[C@@H]1O[C@H](CO)CC1OC1CCCCO1)NC(=O)OCc1ccccc1)OCc1ccccc1. The van der Waals surface area contributed by atoms with E-state index in [1.54, 1.807) is 16.8 Å². The summed E-state index contributed by atoms with van der Waals surface area (Å²) < 4.78 is 36.2. The fourth-order valence-electron chi connectivity index (χ4n) is 6.30. The molecule has 0 bridgehead atoms. The number of guanidine groups is 1. The van der Waals surface area contributed by atoms with E-state index in [0.717, 1.165) is 36.0 Å². The summed E-state index contributed by atoms with van der Waals surface area (Å²) >= 11 is 0. The van der Waals surface area contributed by atoms with Crippen LogP contribution >= 0.6 is 0 Å². The predicted octanol–water partition coefficient (Wildman–Crippen LogP) is 5.71. The van der Waals surface area contributed by atoms with Gasteiger partial charge < -0.3 is 33.5 Å². The first-order valence-electron chi connectivity index (χ1n) is 20.0. The first kappa shape index (κ1) is 43.4. The van der Waals surface area contributed by atoms with E-state index in [1.165, 1.54) is 0 Å². The molecule has 2 saturated heterocycles. The van der Waals surface area contributed by atoms with Gasteiger partial charge in [-0.15, -0.1) is 0 Å². The molecular weight excluding hydrogens is 775 g/mol. The summed E-state index contributed by atoms with van der Waals surface area (Å²) in [5.74, 6) is 0.0721. The summed E-state index contributed by atoms with van der Waals surface area (Å²) in [4.78, 5) is 51.9. The van der Waals surface area contributed by atoms with Crippen LogP contribution in [0.3, 0.4) is 0 Å². The van der Waals surface area contributed by atoms with Crippen molar-refractivity contribution in [3.05, 3.63) is 126 Å². The lowest BCUT2D eigenvalue weighted by Gasteiger charge is -2.28. The van der Waals surface area contributed by atoms with E-state index in [1.807, 2.05) is 91.0 Å². The minimum atomic E-state index is -0.807. The van der Waals surface area contributed by atoms with E-state index >= 15 is 0 Å². The number of carbonyl (C=O) groups is 3. The second kappa shape index (κ2) is 23.5. The van der Waals surface area contributed by atoms with Gasteiger partial charge in [-0.2, -0.15) is 4.98 Å². The number of anilines is 1. The van der Waals surface area contributed by atoms with Gasteiger partial charge >= 0.3 is 18.3 Å². The highest BCUT2D eigenvalue weighted by Crippen LogP contribution is 2.32. The number of rotatable bonds is 16. The Kier molecular flexibility index (Phi) is 17.0. The first-order chi connectivity index (χ1) is 29.4. The van der Waals surface area contributed by atoms with Crippen LogP contribution in [-0.2, 0) is 48.2 Å². The topological polar surface area (TPSA) is 205 Å². The monoisotopic (exact) mass is 825 g/mol. The molecule has 17 nitrogen and oxygen atoms in total. The molecular formula is C43H51N7O10. The van der Waals surface area contributed by atoms with Crippen LogP contribution in [-0.4, -0.2) is 83.7 Å². The Balaban J connectivity index is 1.12. The molecule has 0 aliphatic carbocycles. The predicted molar refractivity (Wildman–Crippen MR) is 218 cm³/mol. The summed E-state index contributed by atoms with van der Waals surface area (Å²) in [6.45, 7) is 1.02. The molecule has 4 atom stereocenters. The Labute approximate surface area is 347 Å². The van der Waals surface area contributed by atoms with E-state index in [0.29, 0.717) is 25.9 Å². The Morgan fingerprint density at radius 3 is 1.92 bits per heavy atom. The number of aliphatic hydroxyl groups excluding tert-OH is 1. The molecule has 0 radical (unpaired) electrons. The first-order valence-corrected chi connectivity index (χ1v) is 20.0. The Morgan fingerprint density at radius 2 is 1.35 bits per heavy atom. The molecule has 0 spiro atoms. The maximum atomic E-state index is 12.7. The number of ether oxygens (including phenoxy) is 6. The molecule has 60 heavy (non-hydrogen) atoms. The van der Waals surface area contributed by atoms with Crippen molar-refractivity contribution in [3.8, 4) is 0 Å². The molecule has 3 aromatic carbocycles. The molecule has 3 amide bonds. The van der Waals surface area contributed by atoms with Gasteiger partial charge in [0.05, 0.1) is 12.7 Å². The van der Waals surface area contributed by atoms with Gasteiger partial charge in [0.15, 0.2) is 12.5 Å². The van der Waals surface area contributed by atoms with Crippen LogP contribution in [0.1, 0.15) is 61.4 Å². The number of unbranched alkanes of at least 4 members (excludes halogenated alkanes) is 1. The summed E-state index contributed by atoms with van der Waals surface area (Å²) in [6.07, 6.45) is 1.52. The lowest BCUT2D eigenvalue weighted by molar-refractivity contribution is -0.205. The maximum absolute atomic E-state index is 12.7. The molecule has 4 aromatic rings. The molecule has 4 N–H and O–H groups in total. The van der Waals surface area contributed by atoms with Crippen LogP contribution in [0.2, 0.25) is 0 Å². The molecule has 6 rings (SSSR count). The highest BCUT2D eigenvalue weighted by molar-refractivity contribution is 6.01. The summed E-state index contributed by atoms with van der Waals surface area (Å²) in [6, 6.07) is 29.3. The number of aliphatic imine (C=N–C) groups is 1. The zero-order valence-corrected chi connectivity index (χ0v) is 33.2. The van der Waals surface area contributed by atoms with Gasteiger partial charge in [-0.05, 0) is 54.9 Å². The summed E-state index contributed by atoms with van der Waals surface area (Å²) in [7, 11) is 0. The van der Waals surface area contributed by atoms with E-state index in [4.69, 9.17) is 33.4 Å². The zero-order chi connectivity index (χ0) is 41.8. The third kappa shape index (κ3) is 14.3. The van der Waals surface area contributed by atoms with Gasteiger partial charge in [-0.25, -0.2) is 14.4 Å². The average Bonchev–Trinajstić information content (AvgIpc) is 3.69. The average molecular weight is 826 g/mol. The van der Waals surface area contributed by atoms with Gasteiger partial charge in [-0.1, -0.05) is 91.0 Å². The third-order valence-electron chi connectivity index (χ3n) is 9.33. The number of amides is 3. The van der Waals surface area contributed by atoms with Gasteiger partial charge in [-0.3, -0.25) is 30.5 Å². The van der Waals surface area contributed by atoms with Crippen LogP contribution in [0.4, 0.5) is 20.2 Å². The van der Waals surface area contributed by atoms with E-state index < -0.39 is 43.0 Å². The lowest BCUT2D eigenvalue weighted by Crippen LogP contribution is -2.44. The van der Waals surface area contributed by atoms with Gasteiger partial charge in [0.1, 0.15) is 31.7 Å². The summed E-state index contributed by atoms with van der Waals surface area (Å²) in [5.41, 5.74) is 2.66. The molecule has 2 fully saturated rings. The fraction of sp³-hybridized carbons (Fsp3) is 0.395. The lowest BCUT2D eigenvalue weighted by atomic mass is 10.1. The highest BCUT2D eigenvalue weighted by atomic mass is 16.7. The number of nitrogens with zero attached hydrogens (tertiary/aromatic N) is 4. The number of hydrogen-bond donors (Lipinski definition) is 4. The van der Waals surface area contributed by atoms with E-state index in [9.17, 15) is 19.5 Å². The number of benzene rings is 3. The molecule has 3 heterocycles. The number of carbonyl (C=O) groups excluding carboxylic acids is 3. The second-order valence-corrected chi connectivity index (χ2v) is 13.9. The highest BCUT2D eigenvalue weighted by Gasteiger charge is 2.39. The smallest absolute Gasteiger partial charge is 0.414 e. The Morgan fingerprint density at radius 1 is 0.767 bits per heavy atom. The van der Waals surface area contributed by atoms with Crippen molar-refractivity contribution in [2.75, 3.05) is 31.6 Å². The number of aromatic nitrogens is 2. The minimum Gasteiger partial charge on any atom is -0.444 e. The molecule has 318 valence electrons. The van der Waals surface area contributed by atoms with Crippen LogP contribution in [0.25, 0.3) is 0 Å². The summed E-state index contributed by atoms with van der Waals surface area (Å²) in [5, 5.41) is 17.7. The molecule has 0 saturated carbocycles. The number of aliphatic hydroxyl groups is 1. The zero-order valence-electron chi connectivity index (χ0n) is 33.2. The quantitative estimate of drug-likeness (QED) is 0.0466. The van der Waals surface area contributed by atoms with Crippen molar-refractivity contribution in [2.24, 2.45) is 9.98 Å². The van der Waals surface area contributed by atoms with Crippen LogP contribution in [0, 0.1) is 0 Å². The van der Waals surface area contributed by atoms with Gasteiger partial charge in [0, 0.05) is 32.3 Å². The van der Waals surface area contributed by atoms with E-state index in [-0.39, 0.29) is 56.9 Å². The second-order valence-electron chi connectivity index (χ2n) is 13.9. The molecule has 17 heteroatoms. The molecule has 2 unspecified atom stereocenters. The van der Waals surface area contributed by atoms with Crippen LogP contribution in [0.15, 0.2) is 113 Å². The van der Waals surface area contributed by atoms with E-state index in [2.05, 4.69) is 25.9 Å². The van der Waals surface area contributed by atoms with Gasteiger partial charge in [0.25, 0.3) is 0 Å². The van der Waals surface area contributed by atoms with Crippen molar-refractivity contribution in [3.63, 3.8) is 0 Å². The fourth-order valence-corrected chi connectivity index (χ4v) is 6.30. The Bertz CT molecular complexity index is 1990. The largest absolute Gasteiger partial charge is 0.444 e. The van der Waals surface area contributed by atoms with Crippen molar-refractivity contribution < 1.29 is 47.9 Å². The van der Waals surface area contributed by atoms with Crippen molar-refractivity contribution >= 4 is 30.1 Å². The molecule has 2 aliphatic rings. The van der Waals surface area contributed by atoms with Crippen LogP contribution in [0.5, 0.6) is 0 Å². The van der Waals surface area contributed by atoms with Crippen molar-refractivity contribution in [1.29, 1.82) is 0 Å². The maximum Gasteiger partial charge on any atom is 0.414 e. The number of nitrogens with one attached hydrogen (secondary N) is 3. The molecule has 2 aliphatic heterocycles. The standard InChI is InChI=1S/C43H51N7O10/c51-27-34-26-35(60-37-20-10-13-25-55-37)38(59-34)50-24-21-36(47-41(52)56-28-31-14-4-1-5-15-31)46-40(50)45-23-12-11-22-44-39(48-42(53)57-29-32-16-6-2-7-17-32)49-43(54)58-30-33-18-8-3-9-19-33/h1-9,14-19,21,24,34-35,37-38,51H,10-13,20,22-23,25-30H2,(H,45,46,47,52)(H2,44,48,49,53,54)/t34-,35?,37?,38+/m0/s1. The molecule has 1 aromatic heterocycles. The van der Waals surface area contributed by atoms with Gasteiger partial charge in [0.2, 0.25) is 11.6 Å². The van der Waals surface area contributed by atoms with Crippen LogP contribution < -0.4 is 21.6 Å². The third-order valence-corrected chi connectivity index (χ3v) is 9.33. The minimum absolute atomic E-state index is 0.0212. The number of hydrogen-bond acceptors (Lipinski definition) is 13. The normalized spacial score (nSPS) is 18.9. The van der Waals surface area contributed by atoms with Crippen molar-refractivity contribution in [1.82, 2.24) is 20.2 Å². The Hall–Kier alpha value is -6.14. The van der Waals surface area contributed by atoms with Crippen molar-refractivity contribution in [2.45, 2.75) is 83.1 Å². The number of alkyl carbamates (subject to hydrolysis) is 2.